The highest BCUT2D eigenvalue weighted by Gasteiger charge is 2.26. The summed E-state index contributed by atoms with van der Waals surface area (Å²) in [5.41, 5.74) is 4.03. The minimum Gasteiger partial charge on any atom is -0.497 e. The molecular weight excluding hydrogens is 404 g/mol. The van der Waals surface area contributed by atoms with Crippen molar-refractivity contribution in [3.8, 4) is 11.5 Å². The molecule has 1 fully saturated rings. The van der Waals surface area contributed by atoms with Gasteiger partial charge in [-0.15, -0.1) is 0 Å². The summed E-state index contributed by atoms with van der Waals surface area (Å²) >= 11 is 0. The van der Waals surface area contributed by atoms with Crippen molar-refractivity contribution in [1.82, 2.24) is 9.80 Å². The summed E-state index contributed by atoms with van der Waals surface area (Å²) in [6.45, 7) is 7.20. The zero-order chi connectivity index (χ0) is 22.5. The Morgan fingerprint density at radius 3 is 2.62 bits per heavy atom. The van der Waals surface area contributed by atoms with Crippen LogP contribution in [0, 0.1) is 0 Å². The van der Waals surface area contributed by atoms with Crippen LogP contribution >= 0.6 is 0 Å². The Balaban J connectivity index is 1.37. The lowest BCUT2D eigenvalue weighted by Gasteiger charge is -2.37. The highest BCUT2D eigenvalue weighted by molar-refractivity contribution is 5.45. The third kappa shape index (κ3) is 5.44. The van der Waals surface area contributed by atoms with Crippen molar-refractivity contribution in [2.24, 2.45) is 0 Å². The number of ether oxygens (including phenoxy) is 3. The second-order valence-electron chi connectivity index (χ2n) is 9.06. The maximum atomic E-state index is 9.58. The van der Waals surface area contributed by atoms with Gasteiger partial charge in [-0.1, -0.05) is 18.2 Å². The molecule has 0 bridgehead atoms. The molecule has 0 amide bonds. The molecule has 2 heterocycles. The maximum Gasteiger partial charge on any atom is 0.119 e. The van der Waals surface area contributed by atoms with Gasteiger partial charge in [-0.25, -0.2) is 0 Å². The van der Waals surface area contributed by atoms with E-state index < -0.39 is 0 Å². The van der Waals surface area contributed by atoms with Gasteiger partial charge in [-0.3, -0.25) is 4.90 Å². The topological polar surface area (TPSA) is 54.4 Å². The van der Waals surface area contributed by atoms with Gasteiger partial charge < -0.3 is 24.2 Å². The van der Waals surface area contributed by atoms with Crippen molar-refractivity contribution < 1.29 is 19.3 Å². The zero-order valence-electron chi connectivity index (χ0n) is 19.5. The van der Waals surface area contributed by atoms with Crippen LogP contribution in [0.2, 0.25) is 0 Å². The average molecular weight is 441 g/mol. The SMILES string of the molecule is COc1ccc(C2CN(C)Cc3cc(OCCCN4C[C@@H](C)OCC4CO)ccc32)cc1. The Kier molecular flexibility index (Phi) is 7.68. The lowest BCUT2D eigenvalue weighted by Crippen LogP contribution is -2.50. The van der Waals surface area contributed by atoms with Crippen molar-refractivity contribution >= 4 is 0 Å². The molecule has 2 aromatic carbocycles. The normalized spacial score (nSPS) is 24.2. The number of aliphatic hydroxyl groups is 1. The number of fused-ring (bicyclic) bond motifs is 1. The van der Waals surface area contributed by atoms with E-state index in [0.717, 1.165) is 44.1 Å². The molecule has 3 atom stereocenters. The highest BCUT2D eigenvalue weighted by Crippen LogP contribution is 2.35. The Morgan fingerprint density at radius 1 is 1.09 bits per heavy atom. The standard InChI is InChI=1S/C26H36N2O4/c1-19-14-28(22(17-29)18-32-19)11-4-12-31-24-9-10-25-21(13-24)15-27(2)16-26(25)20-5-7-23(30-3)8-6-20/h5-10,13,19,22,26,29H,4,11-12,14-18H2,1-3H3/t19-,22?,26?/m1/s1. The van der Waals surface area contributed by atoms with Crippen LogP contribution in [-0.2, 0) is 11.3 Å². The molecule has 0 radical (unpaired) electrons. The fourth-order valence-electron chi connectivity index (χ4n) is 4.85. The summed E-state index contributed by atoms with van der Waals surface area (Å²) in [6.07, 6.45) is 1.14. The molecule has 2 aliphatic heterocycles. The summed E-state index contributed by atoms with van der Waals surface area (Å²) in [5, 5.41) is 9.58. The molecule has 2 aromatic rings. The Hall–Kier alpha value is -2.12. The minimum atomic E-state index is 0.0976. The van der Waals surface area contributed by atoms with Crippen LogP contribution in [0.1, 0.15) is 36.0 Å². The predicted molar refractivity (Wildman–Crippen MR) is 126 cm³/mol. The number of aliphatic hydroxyl groups excluding tert-OH is 1. The van der Waals surface area contributed by atoms with E-state index in [1.807, 2.05) is 12.1 Å². The summed E-state index contributed by atoms with van der Waals surface area (Å²) < 4.78 is 17.1. The molecule has 0 saturated carbocycles. The number of nitrogens with zero attached hydrogens (tertiary/aromatic N) is 2. The van der Waals surface area contributed by atoms with Gasteiger partial charge in [0.1, 0.15) is 11.5 Å². The molecule has 6 heteroatoms. The second-order valence-corrected chi connectivity index (χ2v) is 9.06. The van der Waals surface area contributed by atoms with E-state index in [1.54, 1.807) is 7.11 Å². The number of hydrogen-bond acceptors (Lipinski definition) is 6. The lowest BCUT2D eigenvalue weighted by atomic mass is 9.84. The minimum absolute atomic E-state index is 0.0976. The fourth-order valence-corrected chi connectivity index (χ4v) is 4.85. The predicted octanol–water partition coefficient (Wildman–Crippen LogP) is 3.12. The van der Waals surface area contributed by atoms with Gasteiger partial charge in [0, 0.05) is 32.1 Å². The third-order valence-corrected chi connectivity index (χ3v) is 6.59. The van der Waals surface area contributed by atoms with Gasteiger partial charge in [0.15, 0.2) is 0 Å². The van der Waals surface area contributed by atoms with E-state index in [4.69, 9.17) is 14.2 Å². The molecule has 0 spiro atoms. The number of benzene rings is 2. The van der Waals surface area contributed by atoms with Gasteiger partial charge in [-0.2, -0.15) is 0 Å². The van der Waals surface area contributed by atoms with Crippen molar-refractivity contribution in [3.05, 3.63) is 59.2 Å². The number of likely N-dealkylation sites (N-methyl/N-ethyl adjacent to an activating group) is 1. The molecule has 2 aliphatic rings. The quantitative estimate of drug-likeness (QED) is 0.637. The Morgan fingerprint density at radius 2 is 1.88 bits per heavy atom. The van der Waals surface area contributed by atoms with E-state index in [-0.39, 0.29) is 18.8 Å². The van der Waals surface area contributed by atoms with E-state index in [0.29, 0.717) is 19.1 Å². The zero-order valence-corrected chi connectivity index (χ0v) is 19.5. The van der Waals surface area contributed by atoms with Gasteiger partial charge in [0.05, 0.1) is 39.1 Å². The van der Waals surface area contributed by atoms with Gasteiger partial charge in [-0.05, 0) is 61.3 Å². The Labute approximate surface area is 191 Å². The van der Waals surface area contributed by atoms with Crippen LogP contribution in [0.4, 0.5) is 0 Å². The van der Waals surface area contributed by atoms with Crippen LogP contribution in [0.25, 0.3) is 0 Å². The summed E-state index contributed by atoms with van der Waals surface area (Å²) in [4.78, 5) is 4.69. The first-order valence-electron chi connectivity index (χ1n) is 11.6. The van der Waals surface area contributed by atoms with E-state index >= 15 is 0 Å². The number of rotatable bonds is 8. The van der Waals surface area contributed by atoms with Crippen LogP contribution < -0.4 is 9.47 Å². The first kappa shape index (κ1) is 23.1. The monoisotopic (exact) mass is 440 g/mol. The van der Waals surface area contributed by atoms with Gasteiger partial charge >= 0.3 is 0 Å². The third-order valence-electron chi connectivity index (χ3n) is 6.59. The smallest absolute Gasteiger partial charge is 0.119 e. The van der Waals surface area contributed by atoms with Gasteiger partial charge in [0.2, 0.25) is 0 Å². The second kappa shape index (κ2) is 10.7. The summed E-state index contributed by atoms with van der Waals surface area (Å²) in [5.74, 6) is 2.17. The number of methoxy groups -OCH3 is 1. The first-order valence-corrected chi connectivity index (χ1v) is 11.6. The molecule has 4 rings (SSSR count). The van der Waals surface area contributed by atoms with Crippen molar-refractivity contribution in [1.29, 1.82) is 0 Å². The van der Waals surface area contributed by atoms with Crippen molar-refractivity contribution in [2.45, 2.75) is 38.0 Å². The van der Waals surface area contributed by atoms with E-state index in [1.165, 1.54) is 16.7 Å². The summed E-state index contributed by atoms with van der Waals surface area (Å²) in [7, 11) is 3.88. The van der Waals surface area contributed by atoms with Crippen molar-refractivity contribution in [2.75, 3.05) is 53.6 Å². The highest BCUT2D eigenvalue weighted by atomic mass is 16.5. The Bertz CT molecular complexity index is 873. The lowest BCUT2D eigenvalue weighted by molar-refractivity contribution is -0.0696. The molecule has 2 unspecified atom stereocenters. The average Bonchev–Trinajstić information content (AvgIpc) is 2.81. The van der Waals surface area contributed by atoms with Crippen LogP contribution in [0.5, 0.6) is 11.5 Å². The molecule has 174 valence electrons. The molecule has 1 saturated heterocycles. The van der Waals surface area contributed by atoms with Crippen LogP contribution in [-0.4, -0.2) is 80.7 Å². The number of hydrogen-bond donors (Lipinski definition) is 1. The van der Waals surface area contributed by atoms with Crippen LogP contribution in [0.15, 0.2) is 42.5 Å². The molecular formula is C26H36N2O4. The summed E-state index contributed by atoms with van der Waals surface area (Å²) in [6, 6.07) is 15.1. The van der Waals surface area contributed by atoms with Gasteiger partial charge in [0.25, 0.3) is 0 Å². The molecule has 1 N–H and O–H groups in total. The molecule has 0 aliphatic carbocycles. The molecule has 0 aromatic heterocycles. The van der Waals surface area contributed by atoms with Crippen LogP contribution in [0.3, 0.4) is 0 Å². The van der Waals surface area contributed by atoms with E-state index in [9.17, 15) is 5.11 Å². The first-order chi connectivity index (χ1) is 15.6. The maximum absolute atomic E-state index is 9.58. The number of morpholine rings is 1. The largest absolute Gasteiger partial charge is 0.497 e. The van der Waals surface area contributed by atoms with Crippen molar-refractivity contribution in [3.63, 3.8) is 0 Å². The fraction of sp³-hybridized carbons (Fsp3) is 0.538. The van der Waals surface area contributed by atoms with E-state index in [2.05, 4.69) is 54.1 Å². The molecule has 32 heavy (non-hydrogen) atoms. The molecule has 6 nitrogen and oxygen atoms in total.